The van der Waals surface area contributed by atoms with Crippen molar-refractivity contribution in [3.05, 3.63) is 35.9 Å². The van der Waals surface area contributed by atoms with Crippen LogP contribution in [-0.2, 0) is 14.3 Å². The molecule has 0 amide bonds. The van der Waals surface area contributed by atoms with Crippen molar-refractivity contribution in [2.75, 3.05) is 26.8 Å². The molecule has 0 radical (unpaired) electrons. The number of thiocarbonyl (C=S) groups is 1. The lowest BCUT2D eigenvalue weighted by atomic mass is 10.1. The second-order valence-corrected chi connectivity index (χ2v) is 5.39. The number of nitrogens with zero attached hydrogens (tertiary/aromatic N) is 1. The zero-order valence-corrected chi connectivity index (χ0v) is 13.4. The second-order valence-electron chi connectivity index (χ2n) is 5.01. The van der Waals surface area contributed by atoms with Crippen LogP contribution >= 0.6 is 12.2 Å². The van der Waals surface area contributed by atoms with Crippen LogP contribution < -0.4 is 5.32 Å². The van der Waals surface area contributed by atoms with Crippen molar-refractivity contribution in [1.82, 2.24) is 10.2 Å². The molecule has 0 bridgehead atoms. The number of hydrogen-bond donors (Lipinski definition) is 2. The van der Waals surface area contributed by atoms with Gasteiger partial charge in [-0.2, -0.15) is 0 Å². The fraction of sp³-hybridized carbons (Fsp3) is 0.400. The van der Waals surface area contributed by atoms with Crippen molar-refractivity contribution in [2.45, 2.75) is 12.1 Å². The van der Waals surface area contributed by atoms with Crippen molar-refractivity contribution >= 4 is 29.3 Å². The van der Waals surface area contributed by atoms with Crippen LogP contribution in [0.1, 0.15) is 10.4 Å². The van der Waals surface area contributed by atoms with E-state index in [1.807, 2.05) is 6.07 Å². The van der Waals surface area contributed by atoms with Crippen LogP contribution in [0.25, 0.3) is 0 Å². The largest absolute Gasteiger partial charge is 0.467 e. The minimum Gasteiger partial charge on any atom is -0.467 e. The van der Waals surface area contributed by atoms with E-state index in [2.05, 4.69) is 10.1 Å². The standard InChI is InChI=1S/C15H18N2O5S/c1-21-14(20)12(9-18)16-15(23)17-7-11(8-17)22-13(19)10-5-3-2-4-6-10/h2-6,11-12,18H,7-9H2,1H3,(H,16,23). The first-order valence-corrected chi connectivity index (χ1v) is 7.46. The Bertz CT molecular complexity index is 574. The summed E-state index contributed by atoms with van der Waals surface area (Å²) < 4.78 is 9.89. The van der Waals surface area contributed by atoms with E-state index in [1.54, 1.807) is 29.2 Å². The van der Waals surface area contributed by atoms with E-state index in [1.165, 1.54) is 7.11 Å². The number of likely N-dealkylation sites (tertiary alicyclic amines) is 1. The van der Waals surface area contributed by atoms with E-state index in [4.69, 9.17) is 22.1 Å². The molecule has 1 aliphatic heterocycles. The van der Waals surface area contributed by atoms with Gasteiger partial charge >= 0.3 is 11.9 Å². The number of benzene rings is 1. The summed E-state index contributed by atoms with van der Waals surface area (Å²) in [6, 6.07) is 7.83. The fourth-order valence-electron chi connectivity index (χ4n) is 2.03. The minimum atomic E-state index is -0.904. The fourth-order valence-corrected chi connectivity index (χ4v) is 2.33. The number of aliphatic hydroxyl groups is 1. The van der Waals surface area contributed by atoms with E-state index in [-0.39, 0.29) is 12.1 Å². The molecule has 1 aromatic rings. The average molecular weight is 338 g/mol. The highest BCUT2D eigenvalue weighted by Gasteiger charge is 2.33. The zero-order valence-electron chi connectivity index (χ0n) is 12.6. The molecule has 124 valence electrons. The molecule has 0 aliphatic carbocycles. The Morgan fingerprint density at radius 3 is 2.61 bits per heavy atom. The quantitative estimate of drug-likeness (QED) is 0.570. The molecule has 2 N–H and O–H groups in total. The first kappa shape index (κ1) is 17.2. The van der Waals surface area contributed by atoms with E-state index < -0.39 is 18.6 Å². The Morgan fingerprint density at radius 2 is 2.04 bits per heavy atom. The topological polar surface area (TPSA) is 88.1 Å². The lowest BCUT2D eigenvalue weighted by Gasteiger charge is -2.40. The van der Waals surface area contributed by atoms with Crippen LogP contribution in [0.15, 0.2) is 30.3 Å². The van der Waals surface area contributed by atoms with Gasteiger partial charge in [-0.3, -0.25) is 0 Å². The maximum atomic E-state index is 11.9. The number of carbonyl (C=O) groups is 2. The molecule has 0 aromatic heterocycles. The summed E-state index contributed by atoms with van der Waals surface area (Å²) in [6.07, 6.45) is -0.256. The van der Waals surface area contributed by atoms with Crippen molar-refractivity contribution in [2.24, 2.45) is 0 Å². The highest BCUT2D eigenvalue weighted by atomic mass is 32.1. The first-order valence-electron chi connectivity index (χ1n) is 7.05. The van der Waals surface area contributed by atoms with Crippen LogP contribution in [0.4, 0.5) is 0 Å². The first-order chi connectivity index (χ1) is 11.0. The average Bonchev–Trinajstić information content (AvgIpc) is 2.55. The number of ether oxygens (including phenoxy) is 2. The lowest BCUT2D eigenvalue weighted by Crippen LogP contribution is -2.60. The number of esters is 2. The van der Waals surface area contributed by atoms with Gasteiger partial charge < -0.3 is 24.8 Å². The highest BCUT2D eigenvalue weighted by molar-refractivity contribution is 7.80. The Labute approximate surface area is 139 Å². The molecule has 1 saturated heterocycles. The lowest BCUT2D eigenvalue weighted by molar-refractivity contribution is -0.143. The summed E-state index contributed by atoms with van der Waals surface area (Å²) in [7, 11) is 1.23. The van der Waals surface area contributed by atoms with E-state index in [0.717, 1.165) is 0 Å². The summed E-state index contributed by atoms with van der Waals surface area (Å²) in [5.41, 5.74) is 0.498. The Balaban J connectivity index is 1.77. The normalized spacial score (nSPS) is 15.3. The number of hydrogen-bond acceptors (Lipinski definition) is 6. The molecule has 0 saturated carbocycles. The molecule has 1 aliphatic rings. The summed E-state index contributed by atoms with van der Waals surface area (Å²) in [4.78, 5) is 25.0. The van der Waals surface area contributed by atoms with Gasteiger partial charge in [-0.05, 0) is 24.4 Å². The molecule has 1 atom stereocenters. The van der Waals surface area contributed by atoms with Crippen molar-refractivity contribution in [3.63, 3.8) is 0 Å². The number of methoxy groups -OCH3 is 1. The summed E-state index contributed by atoms with van der Waals surface area (Å²) in [5.74, 6) is -0.973. The molecule has 0 spiro atoms. The number of rotatable bonds is 5. The summed E-state index contributed by atoms with van der Waals surface area (Å²) in [6.45, 7) is 0.445. The SMILES string of the molecule is COC(=O)C(CO)NC(=S)N1CC(OC(=O)c2ccccc2)C1. The molecule has 8 heteroatoms. The van der Waals surface area contributed by atoms with E-state index >= 15 is 0 Å². The predicted molar refractivity (Wildman–Crippen MR) is 85.8 cm³/mol. The molecular weight excluding hydrogens is 320 g/mol. The van der Waals surface area contributed by atoms with Crippen LogP contribution in [0, 0.1) is 0 Å². The Hall–Kier alpha value is -2.19. The van der Waals surface area contributed by atoms with E-state index in [0.29, 0.717) is 23.8 Å². The van der Waals surface area contributed by atoms with Crippen LogP contribution in [0.3, 0.4) is 0 Å². The van der Waals surface area contributed by atoms with Crippen LogP contribution in [0.5, 0.6) is 0 Å². The van der Waals surface area contributed by atoms with E-state index in [9.17, 15) is 9.59 Å². The van der Waals surface area contributed by atoms with Gasteiger partial charge in [0.05, 0.1) is 32.4 Å². The Kier molecular flexibility index (Phi) is 5.89. The van der Waals surface area contributed by atoms with Crippen molar-refractivity contribution in [3.8, 4) is 0 Å². The van der Waals surface area contributed by atoms with Gasteiger partial charge in [-0.15, -0.1) is 0 Å². The summed E-state index contributed by atoms with van der Waals surface area (Å²) >= 11 is 5.15. The summed E-state index contributed by atoms with van der Waals surface area (Å²) in [5, 5.41) is 12.2. The van der Waals surface area contributed by atoms with Gasteiger partial charge in [-0.25, -0.2) is 9.59 Å². The molecule has 1 heterocycles. The van der Waals surface area contributed by atoms with Gasteiger partial charge in [0.15, 0.2) is 5.11 Å². The molecule has 1 unspecified atom stereocenters. The second kappa shape index (κ2) is 7.89. The monoisotopic (exact) mass is 338 g/mol. The number of nitrogens with one attached hydrogen (secondary N) is 1. The van der Waals surface area contributed by atoms with Crippen molar-refractivity contribution in [1.29, 1.82) is 0 Å². The van der Waals surface area contributed by atoms with Crippen molar-refractivity contribution < 1.29 is 24.2 Å². The molecule has 2 rings (SSSR count). The third-order valence-corrected chi connectivity index (χ3v) is 3.76. The number of aliphatic hydroxyl groups excluding tert-OH is 1. The van der Waals surface area contributed by atoms with Crippen LogP contribution in [0.2, 0.25) is 0 Å². The molecule has 1 fully saturated rings. The maximum absolute atomic E-state index is 11.9. The third kappa shape index (κ3) is 4.40. The molecule has 1 aromatic carbocycles. The maximum Gasteiger partial charge on any atom is 0.338 e. The zero-order chi connectivity index (χ0) is 16.8. The van der Waals surface area contributed by atoms with Crippen LogP contribution in [-0.4, -0.2) is 66.0 Å². The van der Waals surface area contributed by atoms with Gasteiger partial charge in [0, 0.05) is 0 Å². The third-order valence-electron chi connectivity index (χ3n) is 3.38. The predicted octanol–water partition coefficient (Wildman–Crippen LogP) is -0.0640. The van der Waals surface area contributed by atoms with Gasteiger partial charge in [0.25, 0.3) is 0 Å². The Morgan fingerprint density at radius 1 is 1.39 bits per heavy atom. The highest BCUT2D eigenvalue weighted by Crippen LogP contribution is 2.14. The number of carbonyl (C=O) groups excluding carboxylic acids is 2. The molecular formula is C15H18N2O5S. The smallest absolute Gasteiger partial charge is 0.338 e. The van der Waals surface area contributed by atoms with Gasteiger partial charge in [-0.1, -0.05) is 18.2 Å². The molecule has 7 nitrogen and oxygen atoms in total. The minimum absolute atomic E-state index is 0.256. The molecule has 23 heavy (non-hydrogen) atoms. The van der Waals surface area contributed by atoms with Gasteiger partial charge in [0.1, 0.15) is 12.1 Å². The van der Waals surface area contributed by atoms with Gasteiger partial charge in [0.2, 0.25) is 0 Å².